The molecule has 1 aliphatic heterocycles. The van der Waals surface area contributed by atoms with E-state index in [1.807, 2.05) is 6.07 Å². The maximum Gasteiger partial charge on any atom is 0.247 e. The molecule has 0 radical (unpaired) electrons. The number of halogens is 1. The van der Waals surface area contributed by atoms with E-state index in [-0.39, 0.29) is 12.4 Å². The van der Waals surface area contributed by atoms with Gasteiger partial charge in [-0.15, -0.1) is 10.2 Å². The summed E-state index contributed by atoms with van der Waals surface area (Å²) in [5, 5.41) is 11.1. The van der Waals surface area contributed by atoms with Gasteiger partial charge in [-0.3, -0.25) is 0 Å². The summed E-state index contributed by atoms with van der Waals surface area (Å²) in [4.78, 5) is 0.312. The SMILES string of the molecule is Cc1ccc(NCc2nnc(-c3ccc(F)cc3)o2)cc1S(=O)(=O)N1CCCCC1. The van der Waals surface area contributed by atoms with Crippen molar-refractivity contribution in [3.63, 3.8) is 0 Å². The minimum absolute atomic E-state index is 0.237. The predicted molar refractivity (Wildman–Crippen MR) is 111 cm³/mol. The van der Waals surface area contributed by atoms with Crippen molar-refractivity contribution in [2.24, 2.45) is 0 Å². The van der Waals surface area contributed by atoms with Crippen LogP contribution in [-0.4, -0.2) is 36.0 Å². The van der Waals surface area contributed by atoms with Crippen LogP contribution in [-0.2, 0) is 16.6 Å². The molecule has 9 heteroatoms. The zero-order valence-electron chi connectivity index (χ0n) is 16.6. The Morgan fingerprint density at radius 1 is 1.07 bits per heavy atom. The lowest BCUT2D eigenvalue weighted by Crippen LogP contribution is -2.36. The summed E-state index contributed by atoms with van der Waals surface area (Å²) in [5.74, 6) is 0.300. The van der Waals surface area contributed by atoms with Gasteiger partial charge in [0.15, 0.2) is 0 Å². The van der Waals surface area contributed by atoms with Crippen molar-refractivity contribution >= 4 is 15.7 Å². The van der Waals surface area contributed by atoms with E-state index in [2.05, 4.69) is 15.5 Å². The summed E-state index contributed by atoms with van der Waals surface area (Å²) in [7, 11) is -3.52. The Kier molecular flexibility index (Phi) is 5.83. The first-order valence-corrected chi connectivity index (χ1v) is 11.3. The molecular formula is C21H23FN4O3S. The molecule has 2 aromatic carbocycles. The Balaban J connectivity index is 1.48. The molecule has 0 saturated carbocycles. The number of hydrogen-bond acceptors (Lipinski definition) is 6. The number of rotatable bonds is 6. The van der Waals surface area contributed by atoms with Gasteiger partial charge >= 0.3 is 0 Å². The van der Waals surface area contributed by atoms with Crippen LogP contribution in [0.3, 0.4) is 0 Å². The lowest BCUT2D eigenvalue weighted by Gasteiger charge is -2.26. The normalized spacial score (nSPS) is 15.3. The molecule has 0 aliphatic carbocycles. The Bertz CT molecular complexity index is 1120. The standard InChI is InChI=1S/C21H23FN4O3S/c1-15-5-10-18(13-19(15)30(27,28)26-11-3-2-4-12-26)23-14-20-24-25-21(29-20)16-6-8-17(22)9-7-16/h5-10,13,23H,2-4,11-12,14H2,1H3. The number of sulfonamides is 1. The maximum absolute atomic E-state index is 13.1. The summed E-state index contributed by atoms with van der Waals surface area (Å²) in [6.07, 6.45) is 2.85. The molecule has 7 nitrogen and oxygen atoms in total. The molecular weight excluding hydrogens is 407 g/mol. The average Bonchev–Trinajstić information content (AvgIpc) is 3.23. The van der Waals surface area contributed by atoms with Gasteiger partial charge in [-0.2, -0.15) is 4.31 Å². The van der Waals surface area contributed by atoms with Crippen LogP contribution in [0.1, 0.15) is 30.7 Å². The van der Waals surface area contributed by atoms with Crippen molar-refractivity contribution < 1.29 is 17.2 Å². The van der Waals surface area contributed by atoms with Crippen molar-refractivity contribution in [2.45, 2.75) is 37.6 Å². The van der Waals surface area contributed by atoms with Gasteiger partial charge in [0.25, 0.3) is 0 Å². The quantitative estimate of drug-likeness (QED) is 0.637. The van der Waals surface area contributed by atoms with Gasteiger partial charge in [0, 0.05) is 24.3 Å². The van der Waals surface area contributed by atoms with Crippen molar-refractivity contribution in [3.8, 4) is 11.5 Å². The van der Waals surface area contributed by atoms with Crippen LogP contribution in [0.5, 0.6) is 0 Å². The number of piperidine rings is 1. The molecule has 1 fully saturated rings. The van der Waals surface area contributed by atoms with Crippen LogP contribution in [0.25, 0.3) is 11.5 Å². The van der Waals surface area contributed by atoms with E-state index in [0.29, 0.717) is 46.6 Å². The minimum Gasteiger partial charge on any atom is -0.419 e. The van der Waals surface area contributed by atoms with Crippen LogP contribution in [0, 0.1) is 12.7 Å². The molecule has 0 atom stereocenters. The molecule has 30 heavy (non-hydrogen) atoms. The molecule has 3 aromatic rings. The molecule has 1 N–H and O–H groups in total. The number of hydrogen-bond donors (Lipinski definition) is 1. The molecule has 1 aromatic heterocycles. The summed E-state index contributed by atoms with van der Waals surface area (Å²) >= 11 is 0. The summed E-state index contributed by atoms with van der Waals surface area (Å²) in [6.45, 7) is 3.16. The van der Waals surface area contributed by atoms with Crippen LogP contribution in [0.2, 0.25) is 0 Å². The summed E-state index contributed by atoms with van der Waals surface area (Å²) in [5.41, 5.74) is 1.99. The number of aryl methyl sites for hydroxylation is 1. The van der Waals surface area contributed by atoms with Gasteiger partial charge < -0.3 is 9.73 Å². The van der Waals surface area contributed by atoms with E-state index < -0.39 is 10.0 Å². The van der Waals surface area contributed by atoms with Gasteiger partial charge in [0.05, 0.1) is 11.4 Å². The van der Waals surface area contributed by atoms with Crippen molar-refractivity contribution in [3.05, 3.63) is 59.7 Å². The number of anilines is 1. The van der Waals surface area contributed by atoms with Crippen molar-refractivity contribution in [2.75, 3.05) is 18.4 Å². The first-order valence-electron chi connectivity index (χ1n) is 9.86. The fraction of sp³-hybridized carbons (Fsp3) is 0.333. The maximum atomic E-state index is 13.1. The predicted octanol–water partition coefficient (Wildman–Crippen LogP) is 3.97. The molecule has 0 unspecified atom stereocenters. The molecule has 1 saturated heterocycles. The molecule has 2 heterocycles. The topological polar surface area (TPSA) is 88.3 Å². The monoisotopic (exact) mass is 430 g/mol. The lowest BCUT2D eigenvalue weighted by atomic mass is 10.2. The molecule has 0 bridgehead atoms. The molecule has 158 valence electrons. The van der Waals surface area contributed by atoms with Gasteiger partial charge in [-0.05, 0) is 61.7 Å². The van der Waals surface area contributed by atoms with E-state index in [1.54, 1.807) is 35.5 Å². The minimum atomic E-state index is -3.52. The number of benzene rings is 2. The van der Waals surface area contributed by atoms with Gasteiger partial charge in [-0.25, -0.2) is 12.8 Å². The van der Waals surface area contributed by atoms with E-state index in [1.165, 1.54) is 12.1 Å². The number of nitrogens with one attached hydrogen (secondary N) is 1. The summed E-state index contributed by atoms with van der Waals surface area (Å²) < 4.78 is 46.3. The van der Waals surface area contributed by atoms with Gasteiger partial charge in [0.2, 0.25) is 21.8 Å². The van der Waals surface area contributed by atoms with Crippen LogP contribution in [0.4, 0.5) is 10.1 Å². The molecule has 1 aliphatic rings. The fourth-order valence-electron chi connectivity index (χ4n) is 3.44. The van der Waals surface area contributed by atoms with E-state index >= 15 is 0 Å². The average molecular weight is 431 g/mol. The van der Waals surface area contributed by atoms with Crippen LogP contribution in [0.15, 0.2) is 51.8 Å². The van der Waals surface area contributed by atoms with Gasteiger partial charge in [0.1, 0.15) is 5.82 Å². The highest BCUT2D eigenvalue weighted by atomic mass is 32.2. The highest BCUT2D eigenvalue weighted by molar-refractivity contribution is 7.89. The zero-order valence-corrected chi connectivity index (χ0v) is 17.5. The first-order chi connectivity index (χ1) is 14.4. The molecule has 0 spiro atoms. The second-order valence-electron chi connectivity index (χ2n) is 7.31. The number of nitrogens with zero attached hydrogens (tertiary/aromatic N) is 3. The number of aromatic nitrogens is 2. The highest BCUT2D eigenvalue weighted by Gasteiger charge is 2.27. The van der Waals surface area contributed by atoms with E-state index in [4.69, 9.17) is 4.42 Å². The smallest absolute Gasteiger partial charge is 0.247 e. The Morgan fingerprint density at radius 3 is 2.53 bits per heavy atom. The molecule has 0 amide bonds. The van der Waals surface area contributed by atoms with E-state index in [0.717, 1.165) is 19.3 Å². The third kappa shape index (κ3) is 4.36. The van der Waals surface area contributed by atoms with Crippen LogP contribution >= 0.6 is 0 Å². The largest absolute Gasteiger partial charge is 0.419 e. The van der Waals surface area contributed by atoms with Crippen molar-refractivity contribution in [1.82, 2.24) is 14.5 Å². The van der Waals surface area contributed by atoms with Crippen LogP contribution < -0.4 is 5.32 Å². The van der Waals surface area contributed by atoms with E-state index in [9.17, 15) is 12.8 Å². The first kappa shape index (κ1) is 20.5. The third-order valence-corrected chi connectivity index (χ3v) is 7.16. The Labute approximate surface area is 175 Å². The Morgan fingerprint density at radius 2 is 1.80 bits per heavy atom. The lowest BCUT2D eigenvalue weighted by molar-refractivity contribution is 0.346. The van der Waals surface area contributed by atoms with Gasteiger partial charge in [-0.1, -0.05) is 12.5 Å². The zero-order chi connectivity index (χ0) is 21.1. The van der Waals surface area contributed by atoms with Crippen molar-refractivity contribution in [1.29, 1.82) is 0 Å². The second kappa shape index (κ2) is 8.53. The Hall–Kier alpha value is -2.78. The fourth-order valence-corrected chi connectivity index (χ4v) is 5.21. The highest BCUT2D eigenvalue weighted by Crippen LogP contribution is 2.26. The summed E-state index contributed by atoms with van der Waals surface area (Å²) in [6, 6.07) is 11.0. The third-order valence-electron chi connectivity index (χ3n) is 5.12. The molecule has 4 rings (SSSR count). The second-order valence-corrected chi connectivity index (χ2v) is 9.21.